The summed E-state index contributed by atoms with van der Waals surface area (Å²) in [6.45, 7) is 4.03. The molecule has 0 unspecified atom stereocenters. The van der Waals surface area contributed by atoms with Gasteiger partial charge in [0.15, 0.2) is 0 Å². The maximum atomic E-state index is 12.3. The average molecular weight is 315 g/mol. The number of hydrogen-bond donors (Lipinski definition) is 1. The summed E-state index contributed by atoms with van der Waals surface area (Å²) in [6, 6.07) is 9.50. The highest BCUT2D eigenvalue weighted by Crippen LogP contribution is 2.21. The number of aromatic amines is 1. The van der Waals surface area contributed by atoms with Crippen LogP contribution in [0.4, 0.5) is 0 Å². The van der Waals surface area contributed by atoms with Crippen molar-refractivity contribution in [2.75, 3.05) is 7.11 Å². The van der Waals surface area contributed by atoms with Gasteiger partial charge in [0.25, 0.3) is 0 Å². The van der Waals surface area contributed by atoms with E-state index in [1.165, 1.54) is 7.11 Å². The Morgan fingerprint density at radius 3 is 2.48 bits per heavy atom. The van der Waals surface area contributed by atoms with Crippen molar-refractivity contribution in [1.82, 2.24) is 4.98 Å². The third-order valence-electron chi connectivity index (χ3n) is 3.85. The monoisotopic (exact) mass is 315 g/mol. The molecule has 2 aromatic rings. The van der Waals surface area contributed by atoms with Crippen molar-refractivity contribution in [2.45, 2.75) is 33.3 Å². The van der Waals surface area contributed by atoms with Crippen molar-refractivity contribution >= 4 is 11.9 Å². The number of esters is 2. The van der Waals surface area contributed by atoms with E-state index in [-0.39, 0.29) is 19.0 Å². The summed E-state index contributed by atoms with van der Waals surface area (Å²) in [7, 11) is 1.35. The number of hydrogen-bond acceptors (Lipinski definition) is 4. The number of aromatic nitrogens is 1. The van der Waals surface area contributed by atoms with Crippen molar-refractivity contribution < 1.29 is 19.1 Å². The summed E-state index contributed by atoms with van der Waals surface area (Å²) in [4.78, 5) is 26.8. The molecule has 0 spiro atoms. The summed E-state index contributed by atoms with van der Waals surface area (Å²) >= 11 is 0. The molecule has 0 radical (unpaired) electrons. The van der Waals surface area contributed by atoms with Gasteiger partial charge >= 0.3 is 11.9 Å². The van der Waals surface area contributed by atoms with Crippen LogP contribution in [-0.2, 0) is 27.3 Å². The van der Waals surface area contributed by atoms with Crippen LogP contribution in [0.2, 0.25) is 0 Å². The minimum Gasteiger partial charge on any atom is -0.469 e. The van der Waals surface area contributed by atoms with E-state index in [4.69, 9.17) is 4.74 Å². The lowest BCUT2D eigenvalue weighted by atomic mass is 10.0. The molecule has 0 aliphatic carbocycles. The van der Waals surface area contributed by atoms with E-state index in [1.54, 1.807) is 0 Å². The normalized spacial score (nSPS) is 10.4. The Bertz CT molecular complexity index is 689. The second kappa shape index (κ2) is 7.63. The zero-order valence-electron chi connectivity index (χ0n) is 13.6. The molecule has 0 saturated heterocycles. The first-order valence-electron chi connectivity index (χ1n) is 7.48. The lowest BCUT2D eigenvalue weighted by molar-refractivity contribution is -0.140. The molecule has 1 aromatic carbocycles. The molecule has 0 saturated carbocycles. The van der Waals surface area contributed by atoms with Gasteiger partial charge in [-0.3, -0.25) is 4.79 Å². The van der Waals surface area contributed by atoms with E-state index in [0.29, 0.717) is 12.1 Å². The smallest absolute Gasteiger partial charge is 0.355 e. The van der Waals surface area contributed by atoms with Gasteiger partial charge < -0.3 is 14.5 Å². The third kappa shape index (κ3) is 4.22. The fraction of sp³-hybridized carbons (Fsp3) is 0.333. The van der Waals surface area contributed by atoms with E-state index in [2.05, 4.69) is 9.72 Å². The molecule has 5 heteroatoms. The van der Waals surface area contributed by atoms with E-state index < -0.39 is 5.97 Å². The second-order valence-corrected chi connectivity index (χ2v) is 5.37. The van der Waals surface area contributed by atoms with Crippen LogP contribution in [0.25, 0.3) is 0 Å². The molecule has 0 fully saturated rings. The molecule has 122 valence electrons. The zero-order chi connectivity index (χ0) is 16.8. The van der Waals surface area contributed by atoms with Crippen LogP contribution in [0.15, 0.2) is 30.3 Å². The Morgan fingerprint density at radius 2 is 1.83 bits per heavy atom. The quantitative estimate of drug-likeness (QED) is 0.832. The molecular formula is C18H21NO4. The molecule has 23 heavy (non-hydrogen) atoms. The molecule has 1 heterocycles. The fourth-order valence-electron chi connectivity index (χ4n) is 2.38. The van der Waals surface area contributed by atoms with E-state index >= 15 is 0 Å². The van der Waals surface area contributed by atoms with Gasteiger partial charge in [0.05, 0.1) is 7.11 Å². The number of benzene rings is 1. The van der Waals surface area contributed by atoms with Gasteiger partial charge in [0.1, 0.15) is 12.3 Å². The zero-order valence-corrected chi connectivity index (χ0v) is 13.6. The van der Waals surface area contributed by atoms with Gasteiger partial charge in [-0.2, -0.15) is 0 Å². The summed E-state index contributed by atoms with van der Waals surface area (Å²) < 4.78 is 10.0. The number of carbonyl (C=O) groups is 2. The lowest BCUT2D eigenvalue weighted by Gasteiger charge is -2.07. The number of carbonyl (C=O) groups excluding carboxylic acids is 2. The summed E-state index contributed by atoms with van der Waals surface area (Å²) in [5.41, 5.74) is 4.03. The summed E-state index contributed by atoms with van der Waals surface area (Å²) in [5.74, 6) is -0.711. The van der Waals surface area contributed by atoms with Crippen molar-refractivity contribution in [2.24, 2.45) is 0 Å². The number of aryl methyl sites for hydroxylation is 1. The first-order chi connectivity index (χ1) is 11.0. The predicted octanol–water partition coefficient (Wildman–Crippen LogP) is 3.09. The fourth-order valence-corrected chi connectivity index (χ4v) is 2.38. The third-order valence-corrected chi connectivity index (χ3v) is 3.85. The molecule has 0 aliphatic rings. The highest BCUT2D eigenvalue weighted by molar-refractivity contribution is 5.90. The topological polar surface area (TPSA) is 68.4 Å². The summed E-state index contributed by atoms with van der Waals surface area (Å²) in [6.07, 6.45) is 0.673. The maximum Gasteiger partial charge on any atom is 0.355 e. The van der Waals surface area contributed by atoms with Gasteiger partial charge in [-0.15, -0.1) is 0 Å². The molecule has 0 aliphatic heterocycles. The largest absolute Gasteiger partial charge is 0.469 e. The number of rotatable bonds is 6. The van der Waals surface area contributed by atoms with Gasteiger partial charge in [-0.25, -0.2) is 4.79 Å². The van der Waals surface area contributed by atoms with Crippen LogP contribution in [0.3, 0.4) is 0 Å². The van der Waals surface area contributed by atoms with Crippen molar-refractivity contribution in [1.29, 1.82) is 0 Å². The van der Waals surface area contributed by atoms with Crippen molar-refractivity contribution in [3.8, 4) is 0 Å². The Labute approximate surface area is 135 Å². The van der Waals surface area contributed by atoms with Gasteiger partial charge in [-0.1, -0.05) is 30.3 Å². The molecular weight excluding hydrogens is 294 g/mol. The van der Waals surface area contributed by atoms with Crippen molar-refractivity contribution in [3.05, 3.63) is 58.4 Å². The molecule has 5 nitrogen and oxygen atoms in total. The average Bonchev–Trinajstić information content (AvgIpc) is 2.86. The SMILES string of the molecule is COC(=O)CCc1c(C(=O)OCc2ccccc2)[nH]c(C)c1C. The second-order valence-electron chi connectivity index (χ2n) is 5.37. The van der Waals surface area contributed by atoms with E-state index in [1.807, 2.05) is 44.2 Å². The number of H-pyrrole nitrogens is 1. The van der Waals surface area contributed by atoms with Gasteiger partial charge in [0, 0.05) is 12.1 Å². The number of ether oxygens (including phenoxy) is 2. The molecule has 2 rings (SSSR count). The van der Waals surface area contributed by atoms with E-state index in [0.717, 1.165) is 22.4 Å². The van der Waals surface area contributed by atoms with Crippen LogP contribution in [0, 0.1) is 13.8 Å². The Balaban J connectivity index is 2.10. The lowest BCUT2D eigenvalue weighted by Crippen LogP contribution is -2.10. The van der Waals surface area contributed by atoms with Crippen LogP contribution >= 0.6 is 0 Å². The maximum absolute atomic E-state index is 12.3. The highest BCUT2D eigenvalue weighted by atomic mass is 16.5. The first-order valence-corrected chi connectivity index (χ1v) is 7.48. The molecule has 1 aromatic heterocycles. The Morgan fingerprint density at radius 1 is 1.13 bits per heavy atom. The van der Waals surface area contributed by atoms with E-state index in [9.17, 15) is 9.59 Å². The molecule has 1 N–H and O–H groups in total. The highest BCUT2D eigenvalue weighted by Gasteiger charge is 2.20. The predicted molar refractivity (Wildman–Crippen MR) is 86.2 cm³/mol. The Kier molecular flexibility index (Phi) is 5.57. The van der Waals surface area contributed by atoms with Crippen LogP contribution in [0.1, 0.15) is 39.3 Å². The van der Waals surface area contributed by atoms with Gasteiger partial charge in [-0.05, 0) is 37.0 Å². The number of methoxy groups -OCH3 is 1. The first kappa shape index (κ1) is 16.8. The number of nitrogens with one attached hydrogen (secondary N) is 1. The minimum atomic E-state index is -0.412. The molecule has 0 bridgehead atoms. The minimum absolute atomic E-state index is 0.216. The van der Waals surface area contributed by atoms with Crippen LogP contribution in [-0.4, -0.2) is 24.0 Å². The summed E-state index contributed by atoms with van der Waals surface area (Å²) in [5, 5.41) is 0. The Hall–Kier alpha value is -2.56. The van der Waals surface area contributed by atoms with Crippen molar-refractivity contribution in [3.63, 3.8) is 0 Å². The standard InChI is InChI=1S/C18H21NO4/c1-12-13(2)19-17(15(12)9-10-16(20)22-3)18(21)23-11-14-7-5-4-6-8-14/h4-8,19H,9-11H2,1-3H3. The van der Waals surface area contributed by atoms with Crippen LogP contribution < -0.4 is 0 Å². The molecule has 0 amide bonds. The van der Waals surface area contributed by atoms with Gasteiger partial charge in [0.2, 0.25) is 0 Å². The molecule has 0 atom stereocenters. The van der Waals surface area contributed by atoms with Crippen LogP contribution in [0.5, 0.6) is 0 Å².